The van der Waals surface area contributed by atoms with Crippen molar-refractivity contribution in [1.82, 2.24) is 0 Å². The Balaban J connectivity index is 2.57. The van der Waals surface area contributed by atoms with E-state index in [0.29, 0.717) is 22.8 Å². The number of hydrogen-bond donors (Lipinski definition) is 0. The van der Waals surface area contributed by atoms with E-state index in [2.05, 4.69) is 20.8 Å². The van der Waals surface area contributed by atoms with Gasteiger partial charge in [0.05, 0.1) is 11.5 Å². The highest BCUT2D eigenvalue weighted by Gasteiger charge is 2.33. The van der Waals surface area contributed by atoms with E-state index in [0.717, 1.165) is 12.8 Å². The van der Waals surface area contributed by atoms with Gasteiger partial charge in [0.25, 0.3) is 0 Å². The first-order valence-corrected chi connectivity index (χ1v) is 7.40. The van der Waals surface area contributed by atoms with Gasteiger partial charge in [-0.25, -0.2) is 8.42 Å². The normalized spacial score (nSPS) is 23.6. The van der Waals surface area contributed by atoms with Crippen LogP contribution in [0.4, 0.5) is 0 Å². The van der Waals surface area contributed by atoms with Crippen molar-refractivity contribution in [3.8, 4) is 0 Å². The van der Waals surface area contributed by atoms with E-state index in [1.165, 1.54) is 12.8 Å². The van der Waals surface area contributed by atoms with Crippen molar-refractivity contribution in [2.75, 3.05) is 11.5 Å². The van der Waals surface area contributed by atoms with Crippen LogP contribution < -0.4 is 0 Å². The maximum Gasteiger partial charge on any atom is 0.150 e. The maximum atomic E-state index is 11.3. The fourth-order valence-electron chi connectivity index (χ4n) is 2.52. The van der Waals surface area contributed by atoms with E-state index < -0.39 is 9.84 Å². The van der Waals surface area contributed by atoms with Crippen LogP contribution in [0.3, 0.4) is 0 Å². The van der Waals surface area contributed by atoms with Crippen molar-refractivity contribution >= 4 is 9.84 Å². The molecule has 0 amide bonds. The Kier molecular flexibility index (Phi) is 3.62. The van der Waals surface area contributed by atoms with Gasteiger partial charge in [-0.3, -0.25) is 0 Å². The highest BCUT2D eigenvalue weighted by atomic mass is 32.2. The Morgan fingerprint density at radius 1 is 1.21 bits per heavy atom. The molecule has 0 aliphatic carbocycles. The van der Waals surface area contributed by atoms with E-state index in [4.69, 9.17) is 0 Å². The van der Waals surface area contributed by atoms with Crippen LogP contribution in [0.5, 0.6) is 0 Å². The third-order valence-corrected chi connectivity index (χ3v) is 5.27. The maximum absolute atomic E-state index is 11.3. The molecule has 0 aromatic heterocycles. The fourth-order valence-corrected chi connectivity index (χ4v) is 4.01. The molecule has 1 heterocycles. The van der Waals surface area contributed by atoms with Gasteiger partial charge < -0.3 is 0 Å². The predicted molar refractivity (Wildman–Crippen MR) is 60.1 cm³/mol. The zero-order valence-corrected chi connectivity index (χ0v) is 10.4. The van der Waals surface area contributed by atoms with Crippen molar-refractivity contribution in [3.05, 3.63) is 0 Å². The molecule has 1 fully saturated rings. The number of hydrogen-bond acceptors (Lipinski definition) is 2. The molecule has 1 aliphatic rings. The third-order valence-electron chi connectivity index (χ3n) is 3.55. The van der Waals surface area contributed by atoms with Gasteiger partial charge in [0.2, 0.25) is 0 Å². The lowest BCUT2D eigenvalue weighted by atomic mass is 9.73. The third kappa shape index (κ3) is 2.97. The number of sulfone groups is 1. The van der Waals surface area contributed by atoms with Gasteiger partial charge in [0, 0.05) is 0 Å². The van der Waals surface area contributed by atoms with E-state index >= 15 is 0 Å². The van der Waals surface area contributed by atoms with Crippen LogP contribution in [-0.4, -0.2) is 19.9 Å². The molecule has 1 rings (SSSR count). The van der Waals surface area contributed by atoms with E-state index in [1.807, 2.05) is 0 Å². The standard InChI is InChI=1S/C11H22O2S/c1-4-7-11(2,3)10-5-8-14(12,13)9-6-10/h10H,4-9H2,1-3H3. The average Bonchev–Trinajstić information content (AvgIpc) is 2.03. The van der Waals surface area contributed by atoms with Crippen molar-refractivity contribution in [2.24, 2.45) is 11.3 Å². The van der Waals surface area contributed by atoms with Gasteiger partial charge in [-0.1, -0.05) is 27.2 Å². The fraction of sp³-hybridized carbons (Fsp3) is 1.00. The SMILES string of the molecule is CCCC(C)(C)C1CCS(=O)(=O)CC1. The monoisotopic (exact) mass is 218 g/mol. The topological polar surface area (TPSA) is 34.1 Å². The van der Waals surface area contributed by atoms with Crippen molar-refractivity contribution in [1.29, 1.82) is 0 Å². The van der Waals surface area contributed by atoms with Crippen LogP contribution in [0.1, 0.15) is 46.5 Å². The second kappa shape index (κ2) is 4.21. The first-order chi connectivity index (χ1) is 6.37. The Bertz CT molecular complexity index is 264. The van der Waals surface area contributed by atoms with Crippen molar-refractivity contribution in [2.45, 2.75) is 46.5 Å². The Labute approximate surface area is 88.0 Å². The lowest BCUT2D eigenvalue weighted by Crippen LogP contribution is -2.32. The van der Waals surface area contributed by atoms with Gasteiger partial charge in [-0.15, -0.1) is 0 Å². The molecule has 2 nitrogen and oxygen atoms in total. The molecule has 0 atom stereocenters. The molecule has 14 heavy (non-hydrogen) atoms. The quantitative estimate of drug-likeness (QED) is 0.730. The van der Waals surface area contributed by atoms with E-state index in [1.54, 1.807) is 0 Å². The van der Waals surface area contributed by atoms with Gasteiger partial charge >= 0.3 is 0 Å². The van der Waals surface area contributed by atoms with Gasteiger partial charge in [0.1, 0.15) is 9.84 Å². The first kappa shape index (κ1) is 12.0. The van der Waals surface area contributed by atoms with Gasteiger partial charge in [-0.05, 0) is 30.6 Å². The molecule has 1 saturated heterocycles. The molecule has 0 aromatic carbocycles. The smallest absolute Gasteiger partial charge is 0.150 e. The van der Waals surface area contributed by atoms with Gasteiger partial charge in [0.15, 0.2) is 0 Å². The molecular formula is C11H22O2S. The largest absolute Gasteiger partial charge is 0.229 e. The van der Waals surface area contributed by atoms with Crippen molar-refractivity contribution < 1.29 is 8.42 Å². The summed E-state index contributed by atoms with van der Waals surface area (Å²) in [7, 11) is -2.69. The molecule has 0 spiro atoms. The molecule has 0 aromatic rings. The van der Waals surface area contributed by atoms with Crippen LogP contribution in [0.2, 0.25) is 0 Å². The number of rotatable bonds is 3. The minimum absolute atomic E-state index is 0.324. The molecule has 3 heteroatoms. The zero-order chi connectivity index (χ0) is 10.8. The van der Waals surface area contributed by atoms with Crippen LogP contribution in [0.15, 0.2) is 0 Å². The molecule has 0 saturated carbocycles. The van der Waals surface area contributed by atoms with Crippen LogP contribution in [-0.2, 0) is 9.84 Å². The summed E-state index contributed by atoms with van der Waals surface area (Å²) in [5.41, 5.74) is 0.324. The summed E-state index contributed by atoms with van der Waals surface area (Å²) >= 11 is 0. The van der Waals surface area contributed by atoms with Crippen LogP contribution in [0.25, 0.3) is 0 Å². The summed E-state index contributed by atoms with van der Waals surface area (Å²) < 4.78 is 22.6. The highest BCUT2D eigenvalue weighted by Crippen LogP contribution is 2.38. The summed E-state index contributed by atoms with van der Waals surface area (Å²) in [6.45, 7) is 6.75. The molecule has 0 N–H and O–H groups in total. The zero-order valence-electron chi connectivity index (χ0n) is 9.54. The van der Waals surface area contributed by atoms with Crippen molar-refractivity contribution in [3.63, 3.8) is 0 Å². The summed E-state index contributed by atoms with van der Waals surface area (Å²) in [6, 6.07) is 0. The summed E-state index contributed by atoms with van der Waals surface area (Å²) in [5.74, 6) is 1.42. The molecule has 0 radical (unpaired) electrons. The Morgan fingerprint density at radius 2 is 1.71 bits per heavy atom. The molecular weight excluding hydrogens is 196 g/mol. The summed E-state index contributed by atoms with van der Waals surface area (Å²) in [6.07, 6.45) is 4.14. The summed E-state index contributed by atoms with van der Waals surface area (Å²) in [4.78, 5) is 0. The van der Waals surface area contributed by atoms with Gasteiger partial charge in [-0.2, -0.15) is 0 Å². The highest BCUT2D eigenvalue weighted by molar-refractivity contribution is 7.91. The minimum atomic E-state index is -2.69. The second-order valence-electron chi connectivity index (χ2n) is 5.16. The molecule has 0 unspecified atom stereocenters. The lowest BCUT2D eigenvalue weighted by molar-refractivity contribution is 0.178. The Hall–Kier alpha value is -0.0500. The van der Waals surface area contributed by atoms with E-state index in [9.17, 15) is 8.42 Å². The second-order valence-corrected chi connectivity index (χ2v) is 7.47. The van der Waals surface area contributed by atoms with Crippen LogP contribution in [0, 0.1) is 11.3 Å². The minimum Gasteiger partial charge on any atom is -0.229 e. The molecule has 1 aliphatic heterocycles. The lowest BCUT2D eigenvalue weighted by Gasteiger charge is -2.36. The average molecular weight is 218 g/mol. The Morgan fingerprint density at radius 3 is 2.14 bits per heavy atom. The first-order valence-electron chi connectivity index (χ1n) is 5.58. The van der Waals surface area contributed by atoms with Crippen LogP contribution >= 0.6 is 0 Å². The van der Waals surface area contributed by atoms with E-state index in [-0.39, 0.29) is 0 Å². The molecule has 84 valence electrons. The molecule has 0 bridgehead atoms. The summed E-state index contributed by atoms with van der Waals surface area (Å²) in [5, 5.41) is 0. The predicted octanol–water partition coefficient (Wildman–Crippen LogP) is 2.64.